The first-order valence-electron chi connectivity index (χ1n) is 6.59. The summed E-state index contributed by atoms with van der Waals surface area (Å²) in [6.07, 6.45) is 1.03. The van der Waals surface area contributed by atoms with Gasteiger partial charge < -0.3 is 14.9 Å². The fourth-order valence-electron chi connectivity index (χ4n) is 2.36. The van der Waals surface area contributed by atoms with Gasteiger partial charge in [0.05, 0.1) is 5.92 Å². The lowest BCUT2D eigenvalue weighted by Gasteiger charge is -2.26. The number of amides is 2. The Bertz CT molecular complexity index is 319. The third kappa shape index (κ3) is 3.37. The molecule has 0 aromatic carbocycles. The number of urea groups is 1. The molecule has 2 amide bonds. The lowest BCUT2D eigenvalue weighted by atomic mass is 9.99. The zero-order valence-electron chi connectivity index (χ0n) is 11.7. The van der Waals surface area contributed by atoms with Gasteiger partial charge in [-0.3, -0.25) is 4.79 Å². The molecular weight excluding hydrogens is 232 g/mol. The van der Waals surface area contributed by atoms with E-state index in [-0.39, 0.29) is 11.9 Å². The van der Waals surface area contributed by atoms with Gasteiger partial charge in [0.1, 0.15) is 0 Å². The van der Waals surface area contributed by atoms with Crippen LogP contribution in [0.5, 0.6) is 0 Å². The Hall–Kier alpha value is -1.26. The van der Waals surface area contributed by atoms with Gasteiger partial charge in [0.2, 0.25) is 0 Å². The fourth-order valence-corrected chi connectivity index (χ4v) is 2.36. The standard InChI is InChI=1S/C13H24N2O3/c1-5-9(2)6-14(4)13(18)15-7-10(3)11(8-15)12(16)17/h9-11H,5-8H2,1-4H3,(H,16,17). The Balaban J connectivity index is 2.56. The van der Waals surface area contributed by atoms with Crippen LogP contribution in [0.25, 0.3) is 0 Å². The Kier molecular flexibility index (Phi) is 4.99. The van der Waals surface area contributed by atoms with Crippen molar-refractivity contribution >= 4 is 12.0 Å². The molecule has 1 rings (SSSR count). The van der Waals surface area contributed by atoms with E-state index in [0.29, 0.717) is 19.0 Å². The summed E-state index contributed by atoms with van der Waals surface area (Å²) in [5, 5.41) is 9.05. The predicted octanol–water partition coefficient (Wildman–Crippen LogP) is 1.74. The van der Waals surface area contributed by atoms with Crippen molar-refractivity contribution in [3.8, 4) is 0 Å². The molecule has 1 saturated heterocycles. The Morgan fingerprint density at radius 3 is 2.50 bits per heavy atom. The van der Waals surface area contributed by atoms with Crippen LogP contribution in [-0.4, -0.2) is 53.6 Å². The molecule has 3 atom stereocenters. The van der Waals surface area contributed by atoms with E-state index in [0.717, 1.165) is 13.0 Å². The second-order valence-corrected chi connectivity index (χ2v) is 5.50. The van der Waals surface area contributed by atoms with Gasteiger partial charge in [-0.15, -0.1) is 0 Å². The molecule has 1 fully saturated rings. The van der Waals surface area contributed by atoms with E-state index in [4.69, 9.17) is 5.11 Å². The van der Waals surface area contributed by atoms with Crippen molar-refractivity contribution in [2.75, 3.05) is 26.7 Å². The maximum atomic E-state index is 12.2. The number of carboxylic acid groups (broad SMARTS) is 1. The first-order chi connectivity index (χ1) is 8.36. The average Bonchev–Trinajstić information content (AvgIpc) is 2.70. The number of aliphatic carboxylic acids is 1. The highest BCUT2D eigenvalue weighted by atomic mass is 16.4. The number of carboxylic acids is 1. The van der Waals surface area contributed by atoms with Crippen LogP contribution in [0.2, 0.25) is 0 Å². The zero-order valence-corrected chi connectivity index (χ0v) is 11.7. The number of carbonyl (C=O) groups is 2. The predicted molar refractivity (Wildman–Crippen MR) is 69.3 cm³/mol. The monoisotopic (exact) mass is 256 g/mol. The number of hydrogen-bond acceptors (Lipinski definition) is 2. The molecule has 0 spiro atoms. The highest BCUT2D eigenvalue weighted by Gasteiger charge is 2.37. The third-order valence-electron chi connectivity index (χ3n) is 3.81. The molecule has 0 aromatic rings. The quantitative estimate of drug-likeness (QED) is 0.833. The molecule has 5 heteroatoms. The van der Waals surface area contributed by atoms with Crippen molar-refractivity contribution < 1.29 is 14.7 Å². The lowest BCUT2D eigenvalue weighted by molar-refractivity contribution is -0.142. The summed E-state index contributed by atoms with van der Waals surface area (Å²) in [6, 6.07) is -0.0501. The summed E-state index contributed by atoms with van der Waals surface area (Å²) >= 11 is 0. The van der Waals surface area contributed by atoms with Crippen LogP contribution in [0.3, 0.4) is 0 Å². The van der Waals surface area contributed by atoms with Crippen LogP contribution in [-0.2, 0) is 4.79 Å². The van der Waals surface area contributed by atoms with Gasteiger partial charge >= 0.3 is 12.0 Å². The zero-order chi connectivity index (χ0) is 13.9. The first-order valence-corrected chi connectivity index (χ1v) is 6.59. The number of likely N-dealkylation sites (tertiary alicyclic amines) is 1. The van der Waals surface area contributed by atoms with Gasteiger partial charge in [0.15, 0.2) is 0 Å². The minimum Gasteiger partial charge on any atom is -0.481 e. The minimum atomic E-state index is -0.803. The minimum absolute atomic E-state index is 0.0310. The number of nitrogens with zero attached hydrogens (tertiary/aromatic N) is 2. The van der Waals surface area contributed by atoms with Gasteiger partial charge in [-0.05, 0) is 11.8 Å². The van der Waals surface area contributed by atoms with Gasteiger partial charge in [-0.25, -0.2) is 4.79 Å². The Labute approximate surface area is 109 Å². The van der Waals surface area contributed by atoms with Crippen LogP contribution >= 0.6 is 0 Å². The normalized spacial score (nSPS) is 25.0. The van der Waals surface area contributed by atoms with Crippen molar-refractivity contribution in [2.45, 2.75) is 27.2 Å². The second-order valence-electron chi connectivity index (χ2n) is 5.50. The van der Waals surface area contributed by atoms with E-state index in [1.807, 2.05) is 6.92 Å². The van der Waals surface area contributed by atoms with Crippen molar-refractivity contribution in [3.63, 3.8) is 0 Å². The largest absolute Gasteiger partial charge is 0.481 e. The van der Waals surface area contributed by atoms with Crippen LogP contribution in [0.15, 0.2) is 0 Å². The number of hydrogen-bond donors (Lipinski definition) is 1. The van der Waals surface area contributed by atoms with E-state index >= 15 is 0 Å². The Morgan fingerprint density at radius 1 is 1.44 bits per heavy atom. The maximum absolute atomic E-state index is 12.2. The molecule has 1 heterocycles. The van der Waals surface area contributed by atoms with Gasteiger partial charge in [0, 0.05) is 26.7 Å². The molecule has 0 aliphatic carbocycles. The molecule has 3 unspecified atom stereocenters. The summed E-state index contributed by atoms with van der Waals surface area (Å²) in [5.41, 5.74) is 0. The molecule has 5 nitrogen and oxygen atoms in total. The molecular formula is C13H24N2O3. The smallest absolute Gasteiger partial charge is 0.319 e. The first kappa shape index (κ1) is 14.8. The molecule has 0 radical (unpaired) electrons. The molecule has 1 aliphatic heterocycles. The number of carbonyl (C=O) groups excluding carboxylic acids is 1. The summed E-state index contributed by atoms with van der Waals surface area (Å²) in [6.45, 7) is 7.69. The molecule has 104 valence electrons. The van der Waals surface area contributed by atoms with E-state index in [2.05, 4.69) is 13.8 Å². The van der Waals surface area contributed by atoms with Crippen LogP contribution < -0.4 is 0 Å². The molecule has 18 heavy (non-hydrogen) atoms. The van der Waals surface area contributed by atoms with Gasteiger partial charge in [-0.1, -0.05) is 27.2 Å². The van der Waals surface area contributed by atoms with Crippen molar-refractivity contribution in [1.29, 1.82) is 0 Å². The number of rotatable bonds is 4. The van der Waals surface area contributed by atoms with Crippen molar-refractivity contribution in [3.05, 3.63) is 0 Å². The lowest BCUT2D eigenvalue weighted by Crippen LogP contribution is -2.42. The second kappa shape index (κ2) is 6.07. The van der Waals surface area contributed by atoms with Crippen LogP contribution in [0, 0.1) is 17.8 Å². The van der Waals surface area contributed by atoms with Crippen molar-refractivity contribution in [2.24, 2.45) is 17.8 Å². The van der Waals surface area contributed by atoms with Gasteiger partial charge in [0.25, 0.3) is 0 Å². The SMILES string of the molecule is CCC(C)CN(C)C(=O)N1CC(C)C(C(=O)O)C1. The maximum Gasteiger partial charge on any atom is 0.319 e. The van der Waals surface area contributed by atoms with E-state index in [1.165, 1.54) is 0 Å². The van der Waals surface area contributed by atoms with Gasteiger partial charge in [-0.2, -0.15) is 0 Å². The van der Waals surface area contributed by atoms with E-state index in [9.17, 15) is 9.59 Å². The molecule has 0 aromatic heterocycles. The van der Waals surface area contributed by atoms with Crippen LogP contribution in [0.4, 0.5) is 4.79 Å². The summed E-state index contributed by atoms with van der Waals surface area (Å²) in [7, 11) is 1.78. The molecule has 1 aliphatic rings. The highest BCUT2D eigenvalue weighted by Crippen LogP contribution is 2.24. The molecule has 0 saturated carbocycles. The average molecular weight is 256 g/mol. The fraction of sp³-hybridized carbons (Fsp3) is 0.846. The van der Waals surface area contributed by atoms with E-state index < -0.39 is 11.9 Å². The summed E-state index contributed by atoms with van der Waals surface area (Å²) in [5.74, 6) is -0.731. The third-order valence-corrected chi connectivity index (χ3v) is 3.81. The van der Waals surface area contributed by atoms with E-state index in [1.54, 1.807) is 16.8 Å². The molecule has 1 N–H and O–H groups in total. The topological polar surface area (TPSA) is 60.9 Å². The van der Waals surface area contributed by atoms with Crippen LogP contribution in [0.1, 0.15) is 27.2 Å². The highest BCUT2D eigenvalue weighted by molar-refractivity contribution is 5.77. The Morgan fingerprint density at radius 2 is 2.06 bits per heavy atom. The summed E-state index contributed by atoms with van der Waals surface area (Å²) in [4.78, 5) is 26.5. The molecule has 0 bridgehead atoms. The van der Waals surface area contributed by atoms with Crippen molar-refractivity contribution in [1.82, 2.24) is 9.80 Å². The summed E-state index contributed by atoms with van der Waals surface area (Å²) < 4.78 is 0.